The molecule has 0 aliphatic rings. The van der Waals surface area contributed by atoms with E-state index in [4.69, 9.17) is 5.73 Å². The Bertz CT molecular complexity index is 646. The highest BCUT2D eigenvalue weighted by atomic mass is 16.1. The first-order valence-electron chi connectivity index (χ1n) is 5.94. The van der Waals surface area contributed by atoms with E-state index in [-0.39, 0.29) is 23.0 Å². The van der Waals surface area contributed by atoms with Gasteiger partial charge < -0.3 is 10.7 Å². The highest BCUT2D eigenvalue weighted by Crippen LogP contribution is 2.19. The molecule has 0 aliphatic carbocycles. The standard InChI is InChI=1S/C13H15N5O/c1-8(2)12-15-11(14)10(13(19)16-12)18-17-9-6-4-3-5-7-9/h3-8H,1-2H3,(H3,14,15,16,19). The first-order chi connectivity index (χ1) is 9.08. The summed E-state index contributed by atoms with van der Waals surface area (Å²) in [5, 5.41) is 7.83. The fourth-order valence-electron chi connectivity index (χ4n) is 1.47. The van der Waals surface area contributed by atoms with Crippen LogP contribution in [0.1, 0.15) is 25.6 Å². The molecule has 2 aromatic rings. The zero-order chi connectivity index (χ0) is 13.8. The van der Waals surface area contributed by atoms with Crippen LogP contribution in [0.15, 0.2) is 45.4 Å². The summed E-state index contributed by atoms with van der Waals surface area (Å²) in [5.74, 6) is 0.725. The van der Waals surface area contributed by atoms with E-state index in [1.807, 2.05) is 32.0 Å². The van der Waals surface area contributed by atoms with Crippen LogP contribution in [0, 0.1) is 0 Å². The van der Waals surface area contributed by atoms with Gasteiger partial charge in [0.2, 0.25) is 0 Å². The van der Waals surface area contributed by atoms with Crippen LogP contribution in [0.4, 0.5) is 17.2 Å². The fraction of sp³-hybridized carbons (Fsp3) is 0.231. The smallest absolute Gasteiger partial charge is 0.280 e. The number of benzene rings is 1. The molecule has 1 aromatic heterocycles. The van der Waals surface area contributed by atoms with Crippen molar-refractivity contribution in [3.8, 4) is 0 Å². The van der Waals surface area contributed by atoms with Crippen molar-refractivity contribution in [2.75, 3.05) is 5.73 Å². The van der Waals surface area contributed by atoms with Gasteiger partial charge >= 0.3 is 0 Å². The Morgan fingerprint density at radius 3 is 2.47 bits per heavy atom. The minimum atomic E-state index is -0.379. The van der Waals surface area contributed by atoms with E-state index in [2.05, 4.69) is 20.2 Å². The van der Waals surface area contributed by atoms with Crippen molar-refractivity contribution in [3.63, 3.8) is 0 Å². The summed E-state index contributed by atoms with van der Waals surface area (Å²) in [5.41, 5.74) is 6.04. The van der Waals surface area contributed by atoms with Gasteiger partial charge in [-0.25, -0.2) is 4.98 Å². The van der Waals surface area contributed by atoms with Gasteiger partial charge in [-0.05, 0) is 12.1 Å². The summed E-state index contributed by atoms with van der Waals surface area (Å²) in [6.07, 6.45) is 0. The Morgan fingerprint density at radius 2 is 1.89 bits per heavy atom. The minimum absolute atomic E-state index is 0.0354. The Kier molecular flexibility index (Phi) is 3.70. The van der Waals surface area contributed by atoms with Crippen molar-refractivity contribution in [1.82, 2.24) is 9.97 Å². The van der Waals surface area contributed by atoms with Crippen molar-refractivity contribution < 1.29 is 0 Å². The molecular formula is C13H15N5O. The van der Waals surface area contributed by atoms with Gasteiger partial charge in [-0.2, -0.15) is 5.11 Å². The normalized spacial score (nSPS) is 11.3. The van der Waals surface area contributed by atoms with Crippen LogP contribution in [0.25, 0.3) is 0 Å². The second-order valence-corrected chi connectivity index (χ2v) is 4.38. The molecule has 0 fully saturated rings. The topological polar surface area (TPSA) is 96.5 Å². The van der Waals surface area contributed by atoms with Crippen LogP contribution >= 0.6 is 0 Å². The number of hydrogen-bond acceptors (Lipinski definition) is 5. The van der Waals surface area contributed by atoms with Crippen molar-refractivity contribution >= 4 is 17.2 Å². The van der Waals surface area contributed by atoms with Crippen molar-refractivity contribution in [2.24, 2.45) is 10.2 Å². The summed E-state index contributed by atoms with van der Waals surface area (Å²) in [6.45, 7) is 3.84. The second-order valence-electron chi connectivity index (χ2n) is 4.38. The quantitative estimate of drug-likeness (QED) is 0.827. The molecule has 0 unspecified atom stereocenters. The number of nitrogens with two attached hydrogens (primary N) is 1. The third kappa shape index (κ3) is 3.04. The van der Waals surface area contributed by atoms with Crippen molar-refractivity contribution in [2.45, 2.75) is 19.8 Å². The summed E-state index contributed by atoms with van der Waals surface area (Å²) < 4.78 is 0. The first-order valence-corrected chi connectivity index (χ1v) is 5.94. The highest BCUT2D eigenvalue weighted by Gasteiger charge is 2.10. The van der Waals surface area contributed by atoms with Crippen LogP contribution in [0.2, 0.25) is 0 Å². The average Bonchev–Trinajstić information content (AvgIpc) is 2.38. The van der Waals surface area contributed by atoms with Crippen LogP contribution in [0.3, 0.4) is 0 Å². The van der Waals surface area contributed by atoms with E-state index in [9.17, 15) is 4.79 Å². The number of nitrogens with one attached hydrogen (secondary N) is 1. The van der Waals surface area contributed by atoms with E-state index in [0.717, 1.165) is 0 Å². The maximum absolute atomic E-state index is 11.9. The zero-order valence-corrected chi connectivity index (χ0v) is 10.8. The Balaban J connectivity index is 2.37. The van der Waals surface area contributed by atoms with Crippen LogP contribution in [-0.4, -0.2) is 9.97 Å². The number of H-pyrrole nitrogens is 1. The SMILES string of the molecule is CC(C)c1nc(N)c(N=Nc2ccccc2)c(=O)[nH]1. The summed E-state index contributed by atoms with van der Waals surface area (Å²) in [4.78, 5) is 18.6. The zero-order valence-electron chi connectivity index (χ0n) is 10.8. The number of rotatable bonds is 3. The molecule has 0 spiro atoms. The van der Waals surface area contributed by atoms with Crippen LogP contribution in [0.5, 0.6) is 0 Å². The number of aromatic amines is 1. The fourth-order valence-corrected chi connectivity index (χ4v) is 1.47. The Labute approximate surface area is 110 Å². The number of nitrogen functional groups attached to an aromatic ring is 1. The molecular weight excluding hydrogens is 242 g/mol. The Morgan fingerprint density at radius 1 is 1.21 bits per heavy atom. The second kappa shape index (κ2) is 5.43. The van der Waals surface area contributed by atoms with E-state index in [1.54, 1.807) is 12.1 Å². The summed E-state index contributed by atoms with van der Waals surface area (Å²) >= 11 is 0. The third-order valence-corrected chi connectivity index (χ3v) is 2.51. The summed E-state index contributed by atoms with van der Waals surface area (Å²) in [7, 11) is 0. The minimum Gasteiger partial charge on any atom is -0.382 e. The van der Waals surface area contributed by atoms with Crippen LogP contribution in [-0.2, 0) is 0 Å². The number of aromatic nitrogens is 2. The number of hydrogen-bond donors (Lipinski definition) is 2. The molecule has 1 heterocycles. The highest BCUT2D eigenvalue weighted by molar-refractivity contribution is 5.55. The lowest BCUT2D eigenvalue weighted by molar-refractivity contribution is 0.769. The lowest BCUT2D eigenvalue weighted by Gasteiger charge is -2.05. The van der Waals surface area contributed by atoms with E-state index >= 15 is 0 Å². The maximum atomic E-state index is 11.9. The molecule has 0 radical (unpaired) electrons. The number of nitrogens with zero attached hydrogens (tertiary/aromatic N) is 3. The van der Waals surface area contributed by atoms with Crippen molar-refractivity contribution in [3.05, 3.63) is 46.5 Å². The molecule has 6 nitrogen and oxygen atoms in total. The molecule has 0 bridgehead atoms. The van der Waals surface area contributed by atoms with Crippen LogP contribution < -0.4 is 11.3 Å². The molecule has 98 valence electrons. The van der Waals surface area contributed by atoms with Gasteiger partial charge in [-0.15, -0.1) is 5.11 Å². The van der Waals surface area contributed by atoms with Gasteiger partial charge in [0.1, 0.15) is 5.82 Å². The molecule has 0 saturated carbocycles. The molecule has 3 N–H and O–H groups in total. The van der Waals surface area contributed by atoms with E-state index < -0.39 is 0 Å². The average molecular weight is 257 g/mol. The van der Waals surface area contributed by atoms with E-state index in [0.29, 0.717) is 11.5 Å². The molecule has 0 aliphatic heterocycles. The monoisotopic (exact) mass is 257 g/mol. The molecule has 2 rings (SSSR count). The lowest BCUT2D eigenvalue weighted by atomic mass is 10.2. The molecule has 19 heavy (non-hydrogen) atoms. The molecule has 0 saturated heterocycles. The first kappa shape index (κ1) is 12.9. The predicted octanol–water partition coefficient (Wildman–Crippen LogP) is 2.89. The molecule has 0 amide bonds. The van der Waals surface area contributed by atoms with Gasteiger partial charge in [0.15, 0.2) is 11.5 Å². The van der Waals surface area contributed by atoms with Crippen molar-refractivity contribution in [1.29, 1.82) is 0 Å². The van der Waals surface area contributed by atoms with Gasteiger partial charge in [-0.1, -0.05) is 32.0 Å². The molecule has 6 heteroatoms. The maximum Gasteiger partial charge on any atom is 0.280 e. The lowest BCUT2D eigenvalue weighted by Crippen LogP contribution is -2.14. The van der Waals surface area contributed by atoms with Gasteiger partial charge in [0, 0.05) is 5.92 Å². The van der Waals surface area contributed by atoms with Gasteiger partial charge in [0.05, 0.1) is 5.69 Å². The Hall–Kier alpha value is -2.50. The van der Waals surface area contributed by atoms with Gasteiger partial charge in [-0.3, -0.25) is 4.79 Å². The molecule has 0 atom stereocenters. The summed E-state index contributed by atoms with van der Waals surface area (Å²) in [6, 6.07) is 9.11. The molecule has 1 aromatic carbocycles. The van der Waals surface area contributed by atoms with Gasteiger partial charge in [0.25, 0.3) is 5.56 Å². The van der Waals surface area contributed by atoms with E-state index in [1.165, 1.54) is 0 Å². The number of anilines is 1. The third-order valence-electron chi connectivity index (χ3n) is 2.51. The predicted molar refractivity (Wildman–Crippen MR) is 74.0 cm³/mol. The number of azo groups is 1. The largest absolute Gasteiger partial charge is 0.382 e.